The van der Waals surface area contributed by atoms with Crippen LogP contribution < -0.4 is 10.2 Å². The maximum atomic E-state index is 12.0. The fourth-order valence-corrected chi connectivity index (χ4v) is 4.52. The van der Waals surface area contributed by atoms with E-state index in [2.05, 4.69) is 25.2 Å². The number of aryl methyl sites for hydroxylation is 1. The molecule has 4 heterocycles. The number of hydrogen-bond acceptors (Lipinski definition) is 6. The van der Waals surface area contributed by atoms with Gasteiger partial charge in [-0.05, 0) is 47.9 Å². The summed E-state index contributed by atoms with van der Waals surface area (Å²) < 4.78 is 5.76. The summed E-state index contributed by atoms with van der Waals surface area (Å²) in [6.45, 7) is 4.63. The molecule has 29 heavy (non-hydrogen) atoms. The van der Waals surface area contributed by atoms with Gasteiger partial charge in [-0.3, -0.25) is 9.78 Å². The lowest BCUT2D eigenvalue weighted by molar-refractivity contribution is -0.116. The predicted octanol–water partition coefficient (Wildman–Crippen LogP) is 2.83. The molecule has 3 aromatic rings. The number of carbonyl (C=O) groups excluding carboxylic acids is 1. The van der Waals surface area contributed by atoms with Crippen LogP contribution in [0.5, 0.6) is 0 Å². The number of oxazole rings is 1. The Bertz CT molecular complexity index is 1050. The van der Waals surface area contributed by atoms with Crippen molar-refractivity contribution in [3.8, 4) is 0 Å². The van der Waals surface area contributed by atoms with Crippen molar-refractivity contribution in [1.29, 1.82) is 0 Å². The van der Waals surface area contributed by atoms with Crippen molar-refractivity contribution in [2.75, 3.05) is 24.5 Å². The zero-order chi connectivity index (χ0) is 19.8. The molecule has 7 heteroatoms. The number of nitrogens with zero attached hydrogens (tertiary/aromatic N) is 4. The molecule has 1 amide bonds. The van der Waals surface area contributed by atoms with Crippen LogP contribution >= 0.6 is 0 Å². The third-order valence-electron chi connectivity index (χ3n) is 5.98. The molecule has 1 aliphatic heterocycles. The molecular formula is C22H23N5O2. The molecule has 0 unspecified atom stereocenters. The maximum Gasteiger partial charge on any atom is 0.244 e. The first kappa shape index (κ1) is 17.8. The zero-order valence-electron chi connectivity index (χ0n) is 16.3. The maximum absolute atomic E-state index is 12.0. The zero-order valence-corrected chi connectivity index (χ0v) is 16.3. The average molecular weight is 389 g/mol. The number of hydrogen-bond donors (Lipinski definition) is 1. The highest BCUT2D eigenvalue weighted by Gasteiger charge is 2.55. The van der Waals surface area contributed by atoms with Gasteiger partial charge in [0.05, 0.1) is 5.69 Å². The summed E-state index contributed by atoms with van der Waals surface area (Å²) in [5.74, 6) is 2.69. The molecule has 0 aromatic carbocycles. The Balaban J connectivity index is 1.10. The van der Waals surface area contributed by atoms with Gasteiger partial charge in [0.25, 0.3) is 0 Å². The molecule has 1 saturated carbocycles. The number of aromatic nitrogens is 3. The molecule has 2 aliphatic rings. The number of fused-ring (bicyclic) bond motifs is 2. The highest BCUT2D eigenvalue weighted by atomic mass is 16.3. The van der Waals surface area contributed by atoms with Crippen LogP contribution in [-0.4, -0.2) is 40.5 Å². The first-order valence-electron chi connectivity index (χ1n) is 10.0. The average Bonchev–Trinajstić information content (AvgIpc) is 3.07. The third-order valence-corrected chi connectivity index (χ3v) is 5.98. The van der Waals surface area contributed by atoms with E-state index in [1.165, 1.54) is 0 Å². The van der Waals surface area contributed by atoms with Gasteiger partial charge in [0, 0.05) is 51.2 Å². The normalized spacial score (nSPS) is 22.9. The summed E-state index contributed by atoms with van der Waals surface area (Å²) >= 11 is 0. The van der Waals surface area contributed by atoms with E-state index in [1.54, 1.807) is 30.7 Å². The smallest absolute Gasteiger partial charge is 0.244 e. The third kappa shape index (κ3) is 3.60. The molecule has 1 aliphatic carbocycles. The number of piperidine rings is 1. The monoisotopic (exact) mass is 389 g/mol. The highest BCUT2D eigenvalue weighted by Crippen LogP contribution is 2.54. The second kappa shape index (κ2) is 7.31. The minimum absolute atomic E-state index is 0.0545. The number of nitrogens with one attached hydrogen (secondary N) is 1. The minimum Gasteiger partial charge on any atom is -0.437 e. The Morgan fingerprint density at radius 2 is 2.17 bits per heavy atom. The second-order valence-corrected chi connectivity index (χ2v) is 7.81. The van der Waals surface area contributed by atoms with Crippen LogP contribution in [0.15, 0.2) is 47.3 Å². The first-order chi connectivity index (χ1) is 14.2. The van der Waals surface area contributed by atoms with E-state index in [9.17, 15) is 4.79 Å². The lowest BCUT2D eigenvalue weighted by Gasteiger charge is -2.21. The van der Waals surface area contributed by atoms with Crippen molar-refractivity contribution in [3.05, 3.63) is 54.3 Å². The van der Waals surface area contributed by atoms with Crippen LogP contribution in [0.1, 0.15) is 17.9 Å². The van der Waals surface area contributed by atoms with E-state index in [0.29, 0.717) is 35.8 Å². The number of pyridine rings is 2. The van der Waals surface area contributed by atoms with Crippen molar-refractivity contribution >= 4 is 28.9 Å². The van der Waals surface area contributed by atoms with Gasteiger partial charge in [0.15, 0.2) is 11.5 Å². The Morgan fingerprint density at radius 1 is 1.31 bits per heavy atom. The molecule has 7 nitrogen and oxygen atoms in total. The van der Waals surface area contributed by atoms with Gasteiger partial charge in [-0.15, -0.1) is 0 Å². The quantitative estimate of drug-likeness (QED) is 0.653. The van der Waals surface area contributed by atoms with Gasteiger partial charge in [-0.1, -0.05) is 6.07 Å². The molecule has 0 spiro atoms. The largest absolute Gasteiger partial charge is 0.437 e. The van der Waals surface area contributed by atoms with E-state index >= 15 is 0 Å². The Kier molecular flexibility index (Phi) is 4.50. The Morgan fingerprint density at radius 3 is 2.97 bits per heavy atom. The molecule has 1 N–H and O–H groups in total. The number of anilines is 1. The topological polar surface area (TPSA) is 84.2 Å². The lowest BCUT2D eigenvalue weighted by Crippen LogP contribution is -2.26. The van der Waals surface area contributed by atoms with Gasteiger partial charge in [0.1, 0.15) is 0 Å². The van der Waals surface area contributed by atoms with E-state index in [-0.39, 0.29) is 5.91 Å². The van der Waals surface area contributed by atoms with Gasteiger partial charge in [-0.2, -0.15) is 4.98 Å². The summed E-state index contributed by atoms with van der Waals surface area (Å²) in [7, 11) is 0. The molecule has 0 bridgehead atoms. The highest BCUT2D eigenvalue weighted by molar-refractivity contribution is 5.91. The van der Waals surface area contributed by atoms with Crippen LogP contribution in [0.4, 0.5) is 5.69 Å². The molecule has 5 rings (SSSR count). The minimum atomic E-state index is -0.0545. The van der Waals surface area contributed by atoms with Crippen molar-refractivity contribution < 1.29 is 9.21 Å². The van der Waals surface area contributed by atoms with Crippen LogP contribution in [0.3, 0.4) is 0 Å². The van der Waals surface area contributed by atoms with E-state index in [0.717, 1.165) is 36.3 Å². The Hall–Kier alpha value is -3.22. The molecular weight excluding hydrogens is 366 g/mol. The summed E-state index contributed by atoms with van der Waals surface area (Å²) in [4.78, 5) is 27.0. The molecule has 1 saturated heterocycles. The molecule has 148 valence electrons. The van der Waals surface area contributed by atoms with Gasteiger partial charge in [-0.25, -0.2) is 4.98 Å². The summed E-state index contributed by atoms with van der Waals surface area (Å²) in [5.41, 5.74) is 3.48. The van der Waals surface area contributed by atoms with Crippen molar-refractivity contribution in [2.45, 2.75) is 13.3 Å². The predicted molar refractivity (Wildman–Crippen MR) is 110 cm³/mol. The lowest BCUT2D eigenvalue weighted by atomic mass is 10.2. The van der Waals surface area contributed by atoms with E-state index in [1.807, 2.05) is 25.1 Å². The molecule has 0 radical (unpaired) electrons. The van der Waals surface area contributed by atoms with E-state index in [4.69, 9.17) is 4.42 Å². The van der Waals surface area contributed by atoms with Gasteiger partial charge < -0.3 is 14.6 Å². The number of amides is 1. The van der Waals surface area contributed by atoms with Crippen molar-refractivity contribution in [1.82, 2.24) is 20.3 Å². The SMILES string of the molecule is Cc1nc2nccc(N3C[C@@H]4[C@@H](CCNC(=O)/C=C/c5cccnc5)[C@@H]4C3)c2o1. The summed E-state index contributed by atoms with van der Waals surface area (Å²) in [6.07, 6.45) is 9.64. The van der Waals surface area contributed by atoms with Crippen molar-refractivity contribution in [3.63, 3.8) is 0 Å². The van der Waals surface area contributed by atoms with Crippen molar-refractivity contribution in [2.24, 2.45) is 17.8 Å². The van der Waals surface area contributed by atoms with Crippen LogP contribution in [0, 0.1) is 24.7 Å². The Labute approximate surface area is 168 Å². The van der Waals surface area contributed by atoms with Gasteiger partial charge >= 0.3 is 0 Å². The van der Waals surface area contributed by atoms with Crippen LogP contribution in [-0.2, 0) is 4.79 Å². The fraction of sp³-hybridized carbons (Fsp3) is 0.364. The molecule has 3 aromatic heterocycles. The number of carbonyl (C=O) groups is 1. The molecule has 2 fully saturated rings. The van der Waals surface area contributed by atoms with Crippen LogP contribution in [0.25, 0.3) is 17.3 Å². The number of rotatable bonds is 6. The fourth-order valence-electron chi connectivity index (χ4n) is 4.52. The summed E-state index contributed by atoms with van der Waals surface area (Å²) in [5, 5.41) is 2.99. The van der Waals surface area contributed by atoms with Gasteiger partial charge in [0.2, 0.25) is 11.6 Å². The first-order valence-corrected chi connectivity index (χ1v) is 10.0. The standard InChI is InChI=1S/C22H23N5O2/c1-14-26-22-21(29-14)19(7-10-25-22)27-12-17-16(18(17)13-27)6-9-24-20(28)5-4-15-3-2-8-23-11-15/h2-5,7-8,10-11,16-18H,6,9,12-13H2,1H3,(H,24,28)/b5-4+/t16-,17-,18+. The van der Waals surface area contributed by atoms with Crippen LogP contribution in [0.2, 0.25) is 0 Å². The molecule has 3 atom stereocenters. The van der Waals surface area contributed by atoms with E-state index < -0.39 is 0 Å². The second-order valence-electron chi connectivity index (χ2n) is 7.81. The summed E-state index contributed by atoms with van der Waals surface area (Å²) in [6, 6.07) is 5.79.